The summed E-state index contributed by atoms with van der Waals surface area (Å²) in [6, 6.07) is 12.3. The molecule has 0 saturated carbocycles. The number of fused-ring (bicyclic) bond motifs is 7. The van der Waals surface area contributed by atoms with Crippen molar-refractivity contribution in [3.8, 4) is 35.5 Å². The van der Waals surface area contributed by atoms with Gasteiger partial charge in [0.15, 0.2) is 5.82 Å². The maximum atomic E-state index is 17.2. The van der Waals surface area contributed by atoms with Gasteiger partial charge >= 0.3 is 6.01 Å². The number of halogens is 1. The number of benzene rings is 2. The molecule has 5 atom stereocenters. The number of piperazine rings is 1. The second kappa shape index (κ2) is 10.4. The minimum absolute atomic E-state index is 0.0167. The summed E-state index contributed by atoms with van der Waals surface area (Å²) < 4.78 is 30.5. The Kier molecular flexibility index (Phi) is 6.32. The number of rotatable bonds is 5. The lowest BCUT2D eigenvalue weighted by molar-refractivity contribution is 0.108. The van der Waals surface area contributed by atoms with Crippen molar-refractivity contribution >= 4 is 27.5 Å². The maximum Gasteiger partial charge on any atom is 0.319 e. The molecule has 0 radical (unpaired) electrons. The van der Waals surface area contributed by atoms with E-state index in [0.29, 0.717) is 40.9 Å². The van der Waals surface area contributed by atoms with Gasteiger partial charge in [0.05, 0.1) is 11.6 Å². The van der Waals surface area contributed by atoms with E-state index in [1.807, 2.05) is 36.4 Å². The fourth-order valence-electron chi connectivity index (χ4n) is 9.01. The summed E-state index contributed by atoms with van der Waals surface area (Å²) in [5.74, 6) is 3.25. The second-order valence-corrected chi connectivity index (χ2v) is 13.7. The minimum atomic E-state index is -0.533. The number of hydrogen-bond donors (Lipinski definition) is 1. The van der Waals surface area contributed by atoms with Crippen molar-refractivity contribution in [1.29, 1.82) is 0 Å². The van der Waals surface area contributed by atoms with Gasteiger partial charge in [0.25, 0.3) is 0 Å². The topological polar surface area (TPSA) is 75.6 Å². The number of hydrogen-bond acceptors (Lipinski definition) is 8. The van der Waals surface area contributed by atoms with Crippen LogP contribution < -0.4 is 19.7 Å². The molecule has 1 unspecified atom stereocenters. The molecule has 0 spiro atoms. The van der Waals surface area contributed by atoms with Crippen molar-refractivity contribution in [2.24, 2.45) is 0 Å². The Hall–Kier alpha value is -4.26. The van der Waals surface area contributed by atoms with Crippen LogP contribution in [0.25, 0.3) is 32.9 Å². The highest BCUT2D eigenvalue weighted by Crippen LogP contribution is 2.46. The van der Waals surface area contributed by atoms with Gasteiger partial charge in [0, 0.05) is 41.7 Å². The molecule has 5 aliphatic heterocycles. The Morgan fingerprint density at radius 3 is 2.89 bits per heavy atom. The number of anilines is 1. The molecule has 7 heterocycles. The summed E-state index contributed by atoms with van der Waals surface area (Å²) in [4.78, 5) is 19.6. The summed E-state index contributed by atoms with van der Waals surface area (Å²) in [6.07, 6.45) is 11.7. The molecular formula is C37H37FN6O2. The van der Waals surface area contributed by atoms with Crippen molar-refractivity contribution in [3.63, 3.8) is 0 Å². The highest BCUT2D eigenvalue weighted by Gasteiger charge is 2.49. The van der Waals surface area contributed by atoms with Crippen molar-refractivity contribution in [2.45, 2.75) is 75.2 Å². The van der Waals surface area contributed by atoms with Crippen LogP contribution >= 0.6 is 0 Å². The molecule has 5 aliphatic rings. The predicted octanol–water partition coefficient (Wildman–Crippen LogP) is 5.62. The summed E-state index contributed by atoms with van der Waals surface area (Å²) in [5.41, 5.74) is 2.72. The van der Waals surface area contributed by atoms with Gasteiger partial charge in [-0.3, -0.25) is 4.90 Å². The number of ether oxygens (including phenoxy) is 2. The van der Waals surface area contributed by atoms with Gasteiger partial charge in [-0.25, -0.2) is 9.37 Å². The molecule has 46 heavy (non-hydrogen) atoms. The largest absolute Gasteiger partial charge is 0.472 e. The minimum Gasteiger partial charge on any atom is -0.472 e. The van der Waals surface area contributed by atoms with Gasteiger partial charge in [-0.2, -0.15) is 9.97 Å². The summed E-state index contributed by atoms with van der Waals surface area (Å²) in [5, 5.41) is 6.00. The molecule has 2 aromatic heterocycles. The van der Waals surface area contributed by atoms with E-state index in [1.54, 1.807) is 0 Å². The molecule has 1 N–H and O–H groups in total. The molecule has 2 bridgehead atoms. The highest BCUT2D eigenvalue weighted by molar-refractivity contribution is 6.03. The lowest BCUT2D eigenvalue weighted by atomic mass is 9.94. The van der Waals surface area contributed by atoms with Gasteiger partial charge < -0.3 is 19.7 Å². The van der Waals surface area contributed by atoms with Gasteiger partial charge in [-0.1, -0.05) is 55.3 Å². The number of aromatic nitrogens is 3. The van der Waals surface area contributed by atoms with Gasteiger partial charge in [-0.05, 0) is 56.5 Å². The van der Waals surface area contributed by atoms with E-state index in [2.05, 4.69) is 34.5 Å². The third-order valence-corrected chi connectivity index (χ3v) is 11.0. The van der Waals surface area contributed by atoms with Crippen LogP contribution in [0.15, 0.2) is 48.6 Å². The van der Waals surface area contributed by atoms with Crippen LogP contribution in [-0.4, -0.2) is 75.9 Å². The Morgan fingerprint density at radius 1 is 1.17 bits per heavy atom. The maximum absolute atomic E-state index is 17.2. The van der Waals surface area contributed by atoms with E-state index in [0.717, 1.165) is 68.9 Å². The van der Waals surface area contributed by atoms with Crippen molar-refractivity contribution in [3.05, 3.63) is 59.9 Å². The summed E-state index contributed by atoms with van der Waals surface area (Å²) >= 11 is 0. The highest BCUT2D eigenvalue weighted by atomic mass is 19.1. The fraction of sp³-hybridized carbons (Fsp3) is 0.432. The molecule has 0 amide bonds. The van der Waals surface area contributed by atoms with Gasteiger partial charge in [0.2, 0.25) is 5.88 Å². The normalized spacial score (nSPS) is 28.2. The average molecular weight is 617 g/mol. The number of nitrogens with one attached hydrogen (secondary N) is 1. The van der Waals surface area contributed by atoms with E-state index >= 15 is 4.39 Å². The van der Waals surface area contributed by atoms with Gasteiger partial charge in [0.1, 0.15) is 35.1 Å². The zero-order valence-corrected chi connectivity index (χ0v) is 26.1. The van der Waals surface area contributed by atoms with Crippen LogP contribution in [0.4, 0.5) is 10.2 Å². The second-order valence-electron chi connectivity index (χ2n) is 13.7. The lowest BCUT2D eigenvalue weighted by Crippen LogP contribution is -2.63. The summed E-state index contributed by atoms with van der Waals surface area (Å²) in [7, 11) is 0. The molecule has 4 saturated heterocycles. The first-order valence-corrected chi connectivity index (χ1v) is 16.6. The quantitative estimate of drug-likeness (QED) is 0.229. The first kappa shape index (κ1) is 28.0. The monoisotopic (exact) mass is 616 g/mol. The zero-order valence-electron chi connectivity index (χ0n) is 26.1. The molecule has 234 valence electrons. The zero-order chi connectivity index (χ0) is 31.2. The SMILES string of the molecule is C#Cc1cccc2cccc(-c3nc4c5c(nc(OCC67CCCN6CC(=C)C7)nc5c3F)N3C[C@H]5CC[C@H](N5)[C@H]3[C@H](CC)O4)c12. The van der Waals surface area contributed by atoms with Crippen LogP contribution in [0.3, 0.4) is 0 Å². The van der Waals surface area contributed by atoms with E-state index < -0.39 is 5.82 Å². The summed E-state index contributed by atoms with van der Waals surface area (Å²) in [6.45, 7) is 9.52. The molecule has 4 fully saturated rings. The fourth-order valence-corrected chi connectivity index (χ4v) is 9.01. The smallest absolute Gasteiger partial charge is 0.319 e. The Bertz CT molecular complexity index is 1970. The first-order valence-electron chi connectivity index (χ1n) is 16.6. The van der Waals surface area contributed by atoms with E-state index in [4.69, 9.17) is 30.8 Å². The third-order valence-electron chi connectivity index (χ3n) is 11.0. The molecule has 4 aromatic rings. The van der Waals surface area contributed by atoms with Crippen LogP contribution in [0, 0.1) is 18.2 Å². The van der Waals surface area contributed by atoms with Crippen LogP contribution in [0.5, 0.6) is 11.9 Å². The number of pyridine rings is 1. The Labute approximate surface area is 268 Å². The third kappa shape index (κ3) is 4.09. The van der Waals surface area contributed by atoms with E-state index in [9.17, 15) is 0 Å². The number of nitrogens with zero attached hydrogens (tertiary/aromatic N) is 5. The van der Waals surface area contributed by atoms with E-state index in [-0.39, 0.29) is 40.9 Å². The van der Waals surface area contributed by atoms with Crippen LogP contribution in [-0.2, 0) is 0 Å². The predicted molar refractivity (Wildman–Crippen MR) is 177 cm³/mol. The Balaban J connectivity index is 1.25. The van der Waals surface area contributed by atoms with Crippen LogP contribution in [0.1, 0.15) is 51.0 Å². The molecule has 2 aromatic carbocycles. The first-order chi connectivity index (χ1) is 22.5. The molecule has 0 aliphatic carbocycles. The number of terminal acetylenes is 1. The Morgan fingerprint density at radius 2 is 2.04 bits per heavy atom. The molecule has 9 heteroatoms. The molecular weight excluding hydrogens is 579 g/mol. The average Bonchev–Trinajstić information content (AvgIpc) is 3.71. The van der Waals surface area contributed by atoms with Gasteiger partial charge in [-0.15, -0.1) is 6.42 Å². The van der Waals surface area contributed by atoms with Crippen molar-refractivity contribution in [1.82, 2.24) is 25.2 Å². The van der Waals surface area contributed by atoms with Crippen molar-refractivity contribution in [2.75, 3.05) is 31.1 Å². The van der Waals surface area contributed by atoms with Crippen LogP contribution in [0.2, 0.25) is 0 Å². The molecule has 8 nitrogen and oxygen atoms in total. The lowest BCUT2D eigenvalue weighted by Gasteiger charge is -2.43. The molecule has 9 rings (SSSR count). The van der Waals surface area contributed by atoms with E-state index in [1.165, 1.54) is 5.57 Å². The standard InChI is InChI=1S/C37H37FN6O2/c1-4-22-9-6-10-23-11-7-12-25(28(22)23)31-30(38)32-29-34(42-36(41-32)45-20-37-15-8-16-43(37)18-21(3)17-37)44-19-24-13-14-26(39-24)33(44)27(5-2)46-35(29)40-31/h1,6-7,9-12,24,26-27,33,39H,3,5,8,13-20H2,2H3/t24-,26+,27+,33+,37?/m1/s1. The van der Waals surface area contributed by atoms with Crippen molar-refractivity contribution < 1.29 is 13.9 Å².